The summed E-state index contributed by atoms with van der Waals surface area (Å²) >= 11 is 0. The highest BCUT2D eigenvalue weighted by molar-refractivity contribution is 6.05. The molecule has 1 aromatic rings. The number of aryl methyl sites for hydroxylation is 1. The van der Waals surface area contributed by atoms with Crippen LogP contribution in [-0.4, -0.2) is 11.8 Å². The number of hydrogen-bond acceptors (Lipinski definition) is 2. The molecule has 2 unspecified atom stereocenters. The normalized spacial score (nSPS) is 30.6. The molecule has 1 aromatic carbocycles. The quantitative estimate of drug-likeness (QED) is 0.793. The van der Waals surface area contributed by atoms with Crippen LogP contribution in [0.1, 0.15) is 17.5 Å². The number of rotatable bonds is 1. The summed E-state index contributed by atoms with van der Waals surface area (Å²) < 4.78 is 0. The maximum atomic E-state index is 4.60. The highest BCUT2D eigenvalue weighted by atomic mass is 15.3. The maximum absolute atomic E-state index is 4.60. The zero-order valence-electron chi connectivity index (χ0n) is 10.1. The van der Waals surface area contributed by atoms with Gasteiger partial charge in [0.15, 0.2) is 0 Å². The van der Waals surface area contributed by atoms with Crippen LogP contribution in [0.15, 0.2) is 29.4 Å². The largest absolute Gasteiger partial charge is 0.305 e. The van der Waals surface area contributed by atoms with Gasteiger partial charge in [0.05, 0.1) is 11.8 Å². The Labute approximate surface area is 108 Å². The van der Waals surface area contributed by atoms with Crippen molar-refractivity contribution in [1.82, 2.24) is 5.43 Å². The second kappa shape index (κ2) is 4.11. The average molecular weight is 235 g/mol. The summed E-state index contributed by atoms with van der Waals surface area (Å²) in [5, 5.41) is 4.60. The van der Waals surface area contributed by atoms with Gasteiger partial charge in [0.1, 0.15) is 0 Å². The fourth-order valence-corrected chi connectivity index (χ4v) is 3.24. The summed E-state index contributed by atoms with van der Waals surface area (Å²) in [6.07, 6.45) is 10.9. The summed E-state index contributed by atoms with van der Waals surface area (Å²) in [6.45, 7) is 0. The highest BCUT2D eigenvalue weighted by Gasteiger charge is 2.41. The third-order valence-electron chi connectivity index (χ3n) is 4.14. The summed E-state index contributed by atoms with van der Waals surface area (Å²) in [7, 11) is 0. The summed E-state index contributed by atoms with van der Waals surface area (Å²) in [4.78, 5) is 0. The Kier molecular flexibility index (Phi) is 2.42. The van der Waals surface area contributed by atoms with Crippen LogP contribution in [-0.2, 0) is 6.42 Å². The molecule has 1 fully saturated rings. The minimum absolute atomic E-state index is 0.364. The minimum atomic E-state index is 0.364. The molecular weight excluding hydrogens is 220 g/mol. The van der Waals surface area contributed by atoms with Gasteiger partial charge in [-0.1, -0.05) is 24.3 Å². The molecule has 1 heterocycles. The molecule has 1 aliphatic heterocycles. The molecule has 4 rings (SSSR count). The van der Waals surface area contributed by atoms with Crippen molar-refractivity contribution in [1.29, 1.82) is 0 Å². The van der Waals surface area contributed by atoms with Crippen molar-refractivity contribution in [3.63, 3.8) is 0 Å². The number of hydrazone groups is 1. The summed E-state index contributed by atoms with van der Waals surface area (Å²) in [5.74, 6) is 1.89. The van der Waals surface area contributed by atoms with Gasteiger partial charge in [0.25, 0.3) is 0 Å². The van der Waals surface area contributed by atoms with E-state index in [0.717, 1.165) is 0 Å². The molecule has 89 valence electrons. The number of nitrogens with zero attached hydrogens (tertiary/aromatic N) is 1. The minimum Gasteiger partial charge on any atom is -0.305 e. The van der Waals surface area contributed by atoms with Gasteiger partial charge in [-0.15, -0.1) is 0 Å². The van der Waals surface area contributed by atoms with E-state index in [2.05, 4.69) is 60.5 Å². The Bertz CT molecular complexity index is 486. The number of hydrogen-bond donors (Lipinski definition) is 1. The van der Waals surface area contributed by atoms with Crippen molar-refractivity contribution in [3.8, 4) is 0 Å². The number of nitrogens with one attached hydrogen (secondary N) is 1. The van der Waals surface area contributed by atoms with Crippen molar-refractivity contribution in [2.75, 3.05) is 0 Å². The van der Waals surface area contributed by atoms with Crippen molar-refractivity contribution in [3.05, 3.63) is 67.0 Å². The van der Waals surface area contributed by atoms with E-state index >= 15 is 0 Å². The lowest BCUT2D eigenvalue weighted by atomic mass is 9.75. The molecule has 0 aromatic heterocycles. The Hall–Kier alpha value is -1.31. The van der Waals surface area contributed by atoms with E-state index in [1.54, 1.807) is 0 Å². The summed E-state index contributed by atoms with van der Waals surface area (Å²) in [6, 6.07) is 9.03. The van der Waals surface area contributed by atoms with E-state index in [1.165, 1.54) is 35.6 Å². The van der Waals surface area contributed by atoms with Crippen molar-refractivity contribution in [2.45, 2.75) is 18.9 Å². The third-order valence-corrected chi connectivity index (χ3v) is 4.14. The number of benzene rings is 1. The first-order chi connectivity index (χ1) is 8.93. The topological polar surface area (TPSA) is 24.4 Å². The predicted molar refractivity (Wildman–Crippen MR) is 72.2 cm³/mol. The molecular formula is C16H15N2. The standard InChI is InChI=1S/C16H15N2/c1-2-7-12(6-1)15-14-10-9-11-5-3-4-8-13(11)16(14)18-17-15/h1-8,14-15,17H,9-10H2. The zero-order valence-corrected chi connectivity index (χ0v) is 10.1. The lowest BCUT2D eigenvalue weighted by Crippen LogP contribution is -2.37. The molecule has 2 nitrogen and oxygen atoms in total. The Morgan fingerprint density at radius 3 is 2.83 bits per heavy atom. The molecule has 0 bridgehead atoms. The summed E-state index contributed by atoms with van der Waals surface area (Å²) in [5.41, 5.74) is 7.37. The van der Waals surface area contributed by atoms with Gasteiger partial charge in [-0.05, 0) is 44.1 Å². The Balaban J connectivity index is 1.65. The van der Waals surface area contributed by atoms with Gasteiger partial charge in [0.2, 0.25) is 0 Å². The van der Waals surface area contributed by atoms with Crippen molar-refractivity contribution >= 4 is 5.71 Å². The molecule has 1 saturated carbocycles. The van der Waals surface area contributed by atoms with Gasteiger partial charge in [-0.2, -0.15) is 5.10 Å². The monoisotopic (exact) mass is 235 g/mol. The molecule has 5 radical (unpaired) electrons. The molecule has 3 aliphatic rings. The Morgan fingerprint density at radius 2 is 1.94 bits per heavy atom. The van der Waals surface area contributed by atoms with E-state index < -0.39 is 0 Å². The molecule has 2 aliphatic carbocycles. The van der Waals surface area contributed by atoms with Crippen LogP contribution >= 0.6 is 0 Å². The molecule has 18 heavy (non-hydrogen) atoms. The maximum Gasteiger partial charge on any atom is 0.0730 e. The second-order valence-electron chi connectivity index (χ2n) is 5.12. The zero-order chi connectivity index (χ0) is 11.9. The number of fused-ring (bicyclic) bond motifs is 3. The van der Waals surface area contributed by atoms with Crippen LogP contribution in [0.3, 0.4) is 0 Å². The molecule has 0 saturated heterocycles. The van der Waals surface area contributed by atoms with Gasteiger partial charge in [-0.25, -0.2) is 0 Å². The first-order valence-corrected chi connectivity index (χ1v) is 6.56. The van der Waals surface area contributed by atoms with E-state index in [4.69, 9.17) is 0 Å². The first-order valence-electron chi connectivity index (χ1n) is 6.56. The van der Waals surface area contributed by atoms with E-state index in [-0.39, 0.29) is 0 Å². The fourth-order valence-electron chi connectivity index (χ4n) is 3.24. The Morgan fingerprint density at radius 1 is 1.11 bits per heavy atom. The lowest BCUT2D eigenvalue weighted by molar-refractivity contribution is 0.477. The van der Waals surface area contributed by atoms with Crippen LogP contribution in [0.25, 0.3) is 0 Å². The van der Waals surface area contributed by atoms with Crippen LogP contribution in [0.4, 0.5) is 0 Å². The van der Waals surface area contributed by atoms with Crippen LogP contribution < -0.4 is 5.43 Å². The van der Waals surface area contributed by atoms with Crippen molar-refractivity contribution < 1.29 is 0 Å². The van der Waals surface area contributed by atoms with Gasteiger partial charge < -0.3 is 5.43 Å². The van der Waals surface area contributed by atoms with Crippen LogP contribution in [0.5, 0.6) is 0 Å². The van der Waals surface area contributed by atoms with Crippen LogP contribution in [0.2, 0.25) is 0 Å². The van der Waals surface area contributed by atoms with Crippen LogP contribution in [0, 0.1) is 37.5 Å². The fraction of sp³-hybridized carbons (Fsp3) is 0.250. The lowest BCUT2D eigenvalue weighted by Gasteiger charge is -2.28. The molecule has 2 heteroatoms. The molecule has 0 spiro atoms. The molecule has 1 N–H and O–H groups in total. The smallest absolute Gasteiger partial charge is 0.0730 e. The molecule has 0 amide bonds. The van der Waals surface area contributed by atoms with E-state index in [1.807, 2.05) is 0 Å². The van der Waals surface area contributed by atoms with E-state index in [0.29, 0.717) is 12.0 Å². The van der Waals surface area contributed by atoms with Crippen molar-refractivity contribution in [2.24, 2.45) is 11.0 Å². The predicted octanol–water partition coefficient (Wildman–Crippen LogP) is 2.33. The van der Waals surface area contributed by atoms with E-state index in [9.17, 15) is 0 Å². The first kappa shape index (κ1) is 10.6. The molecule has 2 atom stereocenters. The van der Waals surface area contributed by atoms with Gasteiger partial charge in [-0.3, -0.25) is 0 Å². The van der Waals surface area contributed by atoms with Gasteiger partial charge >= 0.3 is 0 Å². The average Bonchev–Trinajstić information content (AvgIpc) is 3.07. The highest BCUT2D eigenvalue weighted by Crippen LogP contribution is 2.38. The SMILES string of the molecule is [CH]1[CH][CH][C](C2NN=C3c4ccccc4CCC32)[CH]1. The third kappa shape index (κ3) is 1.51. The van der Waals surface area contributed by atoms with Gasteiger partial charge in [0, 0.05) is 17.4 Å². The second-order valence-corrected chi connectivity index (χ2v) is 5.12.